The molecule has 1 unspecified atom stereocenters. The van der Waals surface area contributed by atoms with Crippen LogP contribution in [0.15, 0.2) is 48.5 Å². The van der Waals surface area contributed by atoms with Crippen molar-refractivity contribution < 1.29 is 23.4 Å². The van der Waals surface area contributed by atoms with Gasteiger partial charge in [-0.05, 0) is 48.5 Å². The number of nitrogens with zero attached hydrogens (tertiary/aromatic N) is 2. The van der Waals surface area contributed by atoms with E-state index in [4.69, 9.17) is 11.6 Å². The van der Waals surface area contributed by atoms with E-state index in [0.717, 1.165) is 5.69 Å². The van der Waals surface area contributed by atoms with Gasteiger partial charge in [0.05, 0.1) is 6.61 Å². The number of ether oxygens (including phenoxy) is 1. The van der Waals surface area contributed by atoms with E-state index in [0.29, 0.717) is 36.9 Å². The Labute approximate surface area is 179 Å². The van der Waals surface area contributed by atoms with Crippen molar-refractivity contribution >= 4 is 28.9 Å². The van der Waals surface area contributed by atoms with Crippen molar-refractivity contribution in [3.63, 3.8) is 0 Å². The number of aliphatic hydroxyl groups excluding tert-OH is 1. The molecule has 1 heterocycles. The minimum atomic E-state index is -2.84. The Morgan fingerprint density at radius 3 is 2.27 bits per heavy atom. The molecule has 6 nitrogen and oxygen atoms in total. The standard InChI is InChI=1S/C21H24ClF2N3O3/c22-15-1-3-16(4-2-15)25-20(29)13-18(14-28)27-11-9-26(10-12-27)17-5-7-19(8-6-17)30-21(23)24/h1-8,18,21,28H,9-14H2,(H,25,29). The Morgan fingerprint density at radius 1 is 1.07 bits per heavy atom. The summed E-state index contributed by atoms with van der Waals surface area (Å²) >= 11 is 5.85. The van der Waals surface area contributed by atoms with Crippen molar-refractivity contribution in [2.24, 2.45) is 0 Å². The van der Waals surface area contributed by atoms with Crippen LogP contribution in [-0.2, 0) is 4.79 Å². The third kappa shape index (κ3) is 6.29. The number of alkyl halides is 2. The monoisotopic (exact) mass is 439 g/mol. The number of halogens is 3. The molecule has 0 bridgehead atoms. The number of piperazine rings is 1. The van der Waals surface area contributed by atoms with Gasteiger partial charge in [-0.25, -0.2) is 0 Å². The van der Waals surface area contributed by atoms with Gasteiger partial charge in [0.2, 0.25) is 5.91 Å². The lowest BCUT2D eigenvalue weighted by molar-refractivity contribution is -0.117. The minimum absolute atomic E-state index is 0.117. The van der Waals surface area contributed by atoms with E-state index in [1.165, 1.54) is 12.1 Å². The van der Waals surface area contributed by atoms with Gasteiger partial charge in [-0.3, -0.25) is 9.69 Å². The van der Waals surface area contributed by atoms with Crippen molar-refractivity contribution in [3.8, 4) is 5.75 Å². The van der Waals surface area contributed by atoms with Gasteiger partial charge in [-0.1, -0.05) is 11.6 Å². The summed E-state index contributed by atoms with van der Waals surface area (Å²) in [7, 11) is 0. The second-order valence-corrected chi connectivity index (χ2v) is 7.43. The topological polar surface area (TPSA) is 65.0 Å². The fourth-order valence-electron chi connectivity index (χ4n) is 3.45. The number of amides is 1. The number of nitrogens with one attached hydrogen (secondary N) is 1. The smallest absolute Gasteiger partial charge is 0.387 e. The molecule has 0 saturated carbocycles. The first-order valence-electron chi connectivity index (χ1n) is 9.65. The summed E-state index contributed by atoms with van der Waals surface area (Å²) in [6.07, 6.45) is 0.179. The van der Waals surface area contributed by atoms with Gasteiger partial charge in [0, 0.05) is 55.0 Å². The van der Waals surface area contributed by atoms with E-state index >= 15 is 0 Å². The van der Waals surface area contributed by atoms with E-state index in [-0.39, 0.29) is 30.7 Å². The minimum Gasteiger partial charge on any atom is -0.435 e. The van der Waals surface area contributed by atoms with Gasteiger partial charge in [0.25, 0.3) is 0 Å². The average molecular weight is 440 g/mol. The number of benzene rings is 2. The molecule has 2 N–H and O–H groups in total. The molecular weight excluding hydrogens is 416 g/mol. The van der Waals surface area contributed by atoms with Gasteiger partial charge in [-0.15, -0.1) is 0 Å². The molecule has 9 heteroatoms. The van der Waals surface area contributed by atoms with Crippen molar-refractivity contribution in [3.05, 3.63) is 53.6 Å². The third-order valence-electron chi connectivity index (χ3n) is 5.02. The number of carbonyl (C=O) groups excluding carboxylic acids is 1. The molecule has 0 radical (unpaired) electrons. The summed E-state index contributed by atoms with van der Waals surface area (Å²) in [5.74, 6) is -0.0483. The average Bonchev–Trinajstić information content (AvgIpc) is 2.74. The molecule has 1 fully saturated rings. The third-order valence-corrected chi connectivity index (χ3v) is 5.27. The van der Waals surface area contributed by atoms with Crippen molar-refractivity contribution in [1.82, 2.24) is 4.90 Å². The van der Waals surface area contributed by atoms with Crippen LogP contribution in [0.25, 0.3) is 0 Å². The summed E-state index contributed by atoms with van der Waals surface area (Å²) in [5, 5.41) is 13.2. The van der Waals surface area contributed by atoms with E-state index in [9.17, 15) is 18.7 Å². The lowest BCUT2D eigenvalue weighted by atomic mass is 10.1. The molecular formula is C21H24ClF2N3O3. The quantitative estimate of drug-likeness (QED) is 0.659. The molecule has 0 aromatic heterocycles. The van der Waals surface area contributed by atoms with Crippen LogP contribution < -0.4 is 15.0 Å². The fraction of sp³-hybridized carbons (Fsp3) is 0.381. The van der Waals surface area contributed by atoms with E-state index in [1.807, 2.05) is 0 Å². The van der Waals surface area contributed by atoms with Gasteiger partial charge in [0.15, 0.2) is 0 Å². The van der Waals surface area contributed by atoms with Crippen LogP contribution in [0.3, 0.4) is 0 Å². The van der Waals surface area contributed by atoms with E-state index in [2.05, 4.69) is 19.9 Å². The first-order valence-corrected chi connectivity index (χ1v) is 10.0. The Bertz CT molecular complexity index is 813. The highest BCUT2D eigenvalue weighted by atomic mass is 35.5. The molecule has 1 saturated heterocycles. The molecule has 3 rings (SSSR count). The number of hydrogen-bond donors (Lipinski definition) is 2. The van der Waals surface area contributed by atoms with Crippen molar-refractivity contribution in [1.29, 1.82) is 0 Å². The van der Waals surface area contributed by atoms with Crippen LogP contribution in [0.5, 0.6) is 5.75 Å². The Hall–Kier alpha value is -2.42. The van der Waals surface area contributed by atoms with Gasteiger partial charge in [0.1, 0.15) is 5.75 Å². The predicted molar refractivity (Wildman–Crippen MR) is 112 cm³/mol. The molecule has 1 aliphatic rings. The Kier molecular flexibility index (Phi) is 7.84. The van der Waals surface area contributed by atoms with Gasteiger partial charge < -0.3 is 20.1 Å². The zero-order valence-corrected chi connectivity index (χ0v) is 17.1. The number of rotatable bonds is 8. The summed E-state index contributed by atoms with van der Waals surface area (Å²) < 4.78 is 28.9. The number of anilines is 2. The maximum Gasteiger partial charge on any atom is 0.387 e. The van der Waals surface area contributed by atoms with Crippen LogP contribution >= 0.6 is 11.6 Å². The normalized spacial score (nSPS) is 15.8. The van der Waals surface area contributed by atoms with E-state index < -0.39 is 6.61 Å². The van der Waals surface area contributed by atoms with Crippen molar-refractivity contribution in [2.75, 3.05) is 43.0 Å². The highest BCUT2D eigenvalue weighted by Crippen LogP contribution is 2.23. The Balaban J connectivity index is 1.49. The second kappa shape index (κ2) is 10.6. The maximum absolute atomic E-state index is 12.3. The zero-order valence-electron chi connectivity index (χ0n) is 16.3. The lowest BCUT2D eigenvalue weighted by Crippen LogP contribution is -2.52. The van der Waals surface area contributed by atoms with Gasteiger partial charge in [-0.2, -0.15) is 8.78 Å². The highest BCUT2D eigenvalue weighted by molar-refractivity contribution is 6.30. The van der Waals surface area contributed by atoms with Gasteiger partial charge >= 0.3 is 6.61 Å². The number of carbonyl (C=O) groups is 1. The summed E-state index contributed by atoms with van der Waals surface area (Å²) in [5.41, 5.74) is 1.57. The molecule has 1 aliphatic heterocycles. The molecule has 0 spiro atoms. The maximum atomic E-state index is 12.3. The number of aliphatic hydroxyl groups is 1. The second-order valence-electron chi connectivity index (χ2n) is 6.99. The van der Waals surface area contributed by atoms with Crippen LogP contribution in [0, 0.1) is 0 Å². The van der Waals surface area contributed by atoms with Crippen LogP contribution in [0.2, 0.25) is 5.02 Å². The van der Waals surface area contributed by atoms with Crippen LogP contribution in [0.1, 0.15) is 6.42 Å². The van der Waals surface area contributed by atoms with Crippen molar-refractivity contribution in [2.45, 2.75) is 19.1 Å². The summed E-state index contributed by atoms with van der Waals surface area (Å²) in [4.78, 5) is 16.6. The van der Waals surface area contributed by atoms with E-state index in [1.54, 1.807) is 36.4 Å². The molecule has 162 valence electrons. The number of hydrogen-bond acceptors (Lipinski definition) is 5. The zero-order chi connectivity index (χ0) is 21.5. The predicted octanol–water partition coefficient (Wildman–Crippen LogP) is 3.45. The molecule has 1 amide bonds. The van der Waals surface area contributed by atoms with Crippen LogP contribution in [-0.4, -0.2) is 61.4 Å². The summed E-state index contributed by atoms with van der Waals surface area (Å²) in [6, 6.07) is 13.1. The van der Waals surface area contributed by atoms with Crippen LogP contribution in [0.4, 0.5) is 20.2 Å². The molecule has 1 atom stereocenters. The molecule has 30 heavy (non-hydrogen) atoms. The fourth-order valence-corrected chi connectivity index (χ4v) is 3.58. The lowest BCUT2D eigenvalue weighted by Gasteiger charge is -2.39. The SMILES string of the molecule is O=C(CC(CO)N1CCN(c2ccc(OC(F)F)cc2)CC1)Nc1ccc(Cl)cc1. The highest BCUT2D eigenvalue weighted by Gasteiger charge is 2.25. The molecule has 0 aliphatic carbocycles. The molecule has 2 aromatic rings. The Morgan fingerprint density at radius 2 is 1.70 bits per heavy atom. The largest absolute Gasteiger partial charge is 0.435 e. The molecule has 2 aromatic carbocycles. The first-order chi connectivity index (χ1) is 14.4. The summed E-state index contributed by atoms with van der Waals surface area (Å²) in [6.45, 7) is -0.210. The first kappa shape index (κ1) is 22.3.